The molecule has 2 aromatic carbocycles. The minimum absolute atomic E-state index is 0.334. The summed E-state index contributed by atoms with van der Waals surface area (Å²) in [6.45, 7) is 1.99. The van der Waals surface area contributed by atoms with Gasteiger partial charge in [-0.2, -0.15) is 0 Å². The van der Waals surface area contributed by atoms with Gasteiger partial charge in [-0.3, -0.25) is 0 Å². The zero-order chi connectivity index (χ0) is 15.6. The molecule has 21 heavy (non-hydrogen) atoms. The monoisotopic (exact) mass is 369 g/mol. The van der Waals surface area contributed by atoms with Crippen LogP contribution in [0.3, 0.4) is 0 Å². The molecule has 0 aliphatic rings. The van der Waals surface area contributed by atoms with Crippen molar-refractivity contribution in [2.75, 3.05) is 14.2 Å². The van der Waals surface area contributed by atoms with Crippen LogP contribution >= 0.6 is 27.5 Å². The van der Waals surface area contributed by atoms with Crippen molar-refractivity contribution in [3.05, 3.63) is 56.5 Å². The molecule has 0 saturated heterocycles. The molecule has 0 aromatic heterocycles. The molecule has 0 heterocycles. The third kappa shape index (κ3) is 3.34. The van der Waals surface area contributed by atoms with Gasteiger partial charge in [0, 0.05) is 10.6 Å². The smallest absolute Gasteiger partial charge is 0.141 e. The minimum Gasteiger partial charge on any atom is -0.495 e. The fourth-order valence-electron chi connectivity index (χ4n) is 2.29. The van der Waals surface area contributed by atoms with Crippen molar-refractivity contribution in [1.82, 2.24) is 0 Å². The number of halogens is 2. The van der Waals surface area contributed by atoms with Gasteiger partial charge in [0.15, 0.2) is 0 Å². The average molecular weight is 371 g/mol. The Hall–Kier alpha value is -1.23. The van der Waals surface area contributed by atoms with Gasteiger partial charge in [0.05, 0.1) is 20.3 Å². The molecule has 0 bridgehead atoms. The van der Waals surface area contributed by atoms with Gasteiger partial charge < -0.3 is 15.2 Å². The van der Waals surface area contributed by atoms with Crippen LogP contribution in [-0.4, -0.2) is 14.2 Å². The van der Waals surface area contributed by atoms with Gasteiger partial charge in [-0.15, -0.1) is 0 Å². The third-order valence-corrected chi connectivity index (χ3v) is 4.24. The third-order valence-electron chi connectivity index (χ3n) is 3.27. The topological polar surface area (TPSA) is 44.5 Å². The van der Waals surface area contributed by atoms with Gasteiger partial charge in [0.25, 0.3) is 0 Å². The van der Waals surface area contributed by atoms with E-state index in [9.17, 15) is 0 Å². The van der Waals surface area contributed by atoms with Crippen molar-refractivity contribution in [3.63, 3.8) is 0 Å². The molecule has 112 valence electrons. The highest BCUT2D eigenvalue weighted by atomic mass is 79.9. The zero-order valence-corrected chi connectivity index (χ0v) is 14.5. The van der Waals surface area contributed by atoms with Crippen LogP contribution in [0, 0.1) is 6.92 Å². The fourth-order valence-corrected chi connectivity index (χ4v) is 3.27. The number of benzene rings is 2. The van der Waals surface area contributed by atoms with Crippen LogP contribution < -0.4 is 15.2 Å². The van der Waals surface area contributed by atoms with E-state index in [1.165, 1.54) is 0 Å². The summed E-state index contributed by atoms with van der Waals surface area (Å²) in [5.41, 5.74) is 9.27. The molecule has 3 nitrogen and oxygen atoms in total. The Morgan fingerprint density at radius 1 is 1.14 bits per heavy atom. The molecule has 0 saturated carbocycles. The Balaban J connectivity index is 2.52. The molecule has 2 N–H and O–H groups in total. The Bertz CT molecular complexity index is 641. The number of nitrogens with two attached hydrogens (primary N) is 1. The van der Waals surface area contributed by atoms with E-state index in [-0.39, 0.29) is 6.04 Å². The summed E-state index contributed by atoms with van der Waals surface area (Å²) in [7, 11) is 3.22. The second-order valence-corrected chi connectivity index (χ2v) is 5.97. The summed E-state index contributed by atoms with van der Waals surface area (Å²) >= 11 is 9.61. The lowest BCUT2D eigenvalue weighted by atomic mass is 9.97. The van der Waals surface area contributed by atoms with Gasteiger partial charge in [-0.25, -0.2) is 0 Å². The SMILES string of the molecule is COc1ccc(C(N)c2cc(C)cc(Cl)c2)c(OC)c1Br. The van der Waals surface area contributed by atoms with Gasteiger partial charge in [-0.1, -0.05) is 17.7 Å². The Morgan fingerprint density at radius 2 is 1.86 bits per heavy atom. The maximum atomic E-state index is 6.39. The molecule has 0 spiro atoms. The summed E-state index contributed by atoms with van der Waals surface area (Å²) in [5, 5.41) is 0.673. The molecular formula is C16H17BrClNO2. The highest BCUT2D eigenvalue weighted by Gasteiger charge is 2.19. The van der Waals surface area contributed by atoms with Gasteiger partial charge in [0.2, 0.25) is 0 Å². The number of hydrogen-bond donors (Lipinski definition) is 1. The first-order valence-corrected chi connectivity index (χ1v) is 7.58. The largest absolute Gasteiger partial charge is 0.495 e. The first-order valence-electron chi connectivity index (χ1n) is 6.41. The van der Waals surface area contributed by atoms with E-state index in [1.54, 1.807) is 14.2 Å². The molecule has 1 atom stereocenters. The number of hydrogen-bond acceptors (Lipinski definition) is 3. The molecular weight excluding hydrogens is 354 g/mol. The summed E-state index contributed by atoms with van der Waals surface area (Å²) in [4.78, 5) is 0. The summed E-state index contributed by atoms with van der Waals surface area (Å²) in [5.74, 6) is 1.37. The van der Waals surface area contributed by atoms with E-state index >= 15 is 0 Å². The first kappa shape index (κ1) is 16.1. The van der Waals surface area contributed by atoms with Crippen LogP contribution in [-0.2, 0) is 0 Å². The van der Waals surface area contributed by atoms with Crippen LogP contribution in [0.15, 0.2) is 34.8 Å². The summed E-state index contributed by atoms with van der Waals surface area (Å²) in [6.07, 6.45) is 0. The summed E-state index contributed by atoms with van der Waals surface area (Å²) in [6, 6.07) is 9.23. The van der Waals surface area contributed by atoms with Crippen molar-refractivity contribution in [2.24, 2.45) is 5.73 Å². The first-order chi connectivity index (χ1) is 9.97. The predicted molar refractivity (Wildman–Crippen MR) is 89.5 cm³/mol. The maximum Gasteiger partial charge on any atom is 0.141 e. The van der Waals surface area contributed by atoms with E-state index < -0.39 is 0 Å². The normalized spacial score (nSPS) is 12.1. The molecule has 1 unspecified atom stereocenters. The average Bonchev–Trinajstić information content (AvgIpc) is 2.45. The molecule has 2 aromatic rings. The van der Waals surface area contributed by atoms with Crippen molar-refractivity contribution in [2.45, 2.75) is 13.0 Å². The van der Waals surface area contributed by atoms with Crippen molar-refractivity contribution in [3.8, 4) is 11.5 Å². The lowest BCUT2D eigenvalue weighted by Gasteiger charge is -2.19. The molecule has 0 aliphatic heterocycles. The zero-order valence-electron chi connectivity index (χ0n) is 12.1. The Labute approximate surface area is 138 Å². The van der Waals surface area contributed by atoms with Crippen LogP contribution in [0.1, 0.15) is 22.7 Å². The highest BCUT2D eigenvalue weighted by molar-refractivity contribution is 9.10. The number of ether oxygens (including phenoxy) is 2. The van der Waals surface area contributed by atoms with E-state index in [2.05, 4.69) is 15.9 Å². The quantitative estimate of drug-likeness (QED) is 0.863. The predicted octanol–water partition coefficient (Wildman–Crippen LogP) is 4.48. The van der Waals surface area contributed by atoms with Crippen molar-refractivity contribution < 1.29 is 9.47 Å². The lowest BCUT2D eigenvalue weighted by Crippen LogP contribution is -2.13. The maximum absolute atomic E-state index is 6.39. The Kier molecular flexibility index (Phi) is 5.14. The standard InChI is InChI=1S/C16H17BrClNO2/c1-9-6-10(8-11(18)7-9)15(19)12-4-5-13(20-2)14(17)16(12)21-3/h4-8,15H,19H2,1-3H3. The second-order valence-electron chi connectivity index (χ2n) is 4.74. The van der Waals surface area contributed by atoms with Gasteiger partial charge in [0.1, 0.15) is 16.0 Å². The van der Waals surface area contributed by atoms with Gasteiger partial charge >= 0.3 is 0 Å². The van der Waals surface area contributed by atoms with E-state index in [1.807, 2.05) is 37.3 Å². The van der Waals surface area contributed by atoms with Crippen LogP contribution in [0.5, 0.6) is 11.5 Å². The molecule has 0 fully saturated rings. The minimum atomic E-state index is -0.334. The lowest BCUT2D eigenvalue weighted by molar-refractivity contribution is 0.385. The Morgan fingerprint density at radius 3 is 2.43 bits per heavy atom. The second kappa shape index (κ2) is 6.69. The number of aryl methyl sites for hydroxylation is 1. The van der Waals surface area contributed by atoms with Crippen LogP contribution in [0.4, 0.5) is 0 Å². The number of rotatable bonds is 4. The van der Waals surface area contributed by atoms with Gasteiger partial charge in [-0.05, 0) is 58.2 Å². The molecule has 5 heteroatoms. The molecule has 0 amide bonds. The van der Waals surface area contributed by atoms with Crippen LogP contribution in [0.2, 0.25) is 5.02 Å². The van der Waals surface area contributed by atoms with Crippen molar-refractivity contribution >= 4 is 27.5 Å². The van der Waals surface area contributed by atoms with E-state index in [0.717, 1.165) is 21.2 Å². The van der Waals surface area contributed by atoms with Crippen LogP contribution in [0.25, 0.3) is 0 Å². The fraction of sp³-hybridized carbons (Fsp3) is 0.250. The molecule has 2 rings (SSSR count). The molecule has 0 radical (unpaired) electrons. The summed E-state index contributed by atoms with van der Waals surface area (Å²) < 4.78 is 11.5. The highest BCUT2D eigenvalue weighted by Crippen LogP contribution is 2.40. The van der Waals surface area contributed by atoms with E-state index in [4.69, 9.17) is 26.8 Å². The van der Waals surface area contributed by atoms with Crippen molar-refractivity contribution in [1.29, 1.82) is 0 Å². The number of methoxy groups -OCH3 is 2. The van der Waals surface area contributed by atoms with E-state index in [0.29, 0.717) is 16.5 Å². The molecule has 0 aliphatic carbocycles.